The standard InChI is InChI=1S/C40H44ClFN4O3/c41-34-14-10-33(11-15-34)40(49)21-27-45(28-22-40)25-6-20-39(31-7-2-1-3-8-31,32-12-16-35(42)17-13-32)29-44-37(47)36-9-4-5-26-46(36)38(48)30-18-23-43-24-19-30/h1-3,7-8,10-19,23-24,36,49H,4-6,9,20-22,25-29H2,(H,44,47). The third kappa shape index (κ3) is 8.04. The van der Waals surface area contributed by atoms with E-state index >= 15 is 0 Å². The van der Waals surface area contributed by atoms with Crippen molar-refractivity contribution in [1.82, 2.24) is 20.1 Å². The minimum Gasteiger partial charge on any atom is -0.385 e. The number of benzene rings is 3. The highest BCUT2D eigenvalue weighted by Crippen LogP contribution is 2.38. The number of hydrogen-bond donors (Lipinski definition) is 2. The normalized spacial score (nSPS) is 19.2. The number of nitrogens with zero attached hydrogens (tertiary/aromatic N) is 3. The van der Waals surface area contributed by atoms with Crippen LogP contribution in [0.3, 0.4) is 0 Å². The van der Waals surface area contributed by atoms with Crippen LogP contribution in [0.4, 0.5) is 4.39 Å². The molecular formula is C40H44ClFN4O3. The summed E-state index contributed by atoms with van der Waals surface area (Å²) in [4.78, 5) is 35.6. The molecule has 0 radical (unpaired) electrons. The molecule has 0 aliphatic carbocycles. The molecule has 9 heteroatoms. The minimum atomic E-state index is -0.876. The van der Waals surface area contributed by atoms with Gasteiger partial charge in [0.05, 0.1) is 5.60 Å². The fraction of sp³-hybridized carbons (Fsp3) is 0.375. The Kier molecular flexibility index (Phi) is 11.1. The number of piperidine rings is 2. The van der Waals surface area contributed by atoms with E-state index in [9.17, 15) is 19.1 Å². The van der Waals surface area contributed by atoms with Crippen molar-refractivity contribution in [3.63, 3.8) is 0 Å². The SMILES string of the molecule is O=C(NCC(CCCN1CCC(O)(c2ccc(Cl)cc2)CC1)(c1ccccc1)c1ccc(F)cc1)C1CCCCN1C(=O)c1ccncc1. The summed E-state index contributed by atoms with van der Waals surface area (Å²) in [5, 5.41) is 15.3. The maximum Gasteiger partial charge on any atom is 0.254 e. The number of halogens is 2. The summed E-state index contributed by atoms with van der Waals surface area (Å²) in [5.74, 6) is -0.662. The van der Waals surface area contributed by atoms with Crippen LogP contribution < -0.4 is 5.32 Å². The zero-order chi connectivity index (χ0) is 34.3. The number of likely N-dealkylation sites (tertiary alicyclic amines) is 2. The molecule has 0 bridgehead atoms. The molecule has 2 fully saturated rings. The van der Waals surface area contributed by atoms with Gasteiger partial charge < -0.3 is 20.2 Å². The largest absolute Gasteiger partial charge is 0.385 e. The number of amides is 2. The van der Waals surface area contributed by atoms with E-state index in [1.807, 2.05) is 54.6 Å². The van der Waals surface area contributed by atoms with Crippen LogP contribution in [0.2, 0.25) is 5.02 Å². The number of pyridine rings is 1. The molecule has 2 saturated heterocycles. The second-order valence-electron chi connectivity index (χ2n) is 13.4. The smallest absolute Gasteiger partial charge is 0.254 e. The summed E-state index contributed by atoms with van der Waals surface area (Å²) in [7, 11) is 0. The van der Waals surface area contributed by atoms with E-state index in [1.165, 1.54) is 12.1 Å². The molecule has 0 saturated carbocycles. The highest BCUT2D eigenvalue weighted by Gasteiger charge is 2.39. The van der Waals surface area contributed by atoms with Crippen LogP contribution in [0.5, 0.6) is 0 Å². The fourth-order valence-electron chi connectivity index (χ4n) is 7.54. The second-order valence-corrected chi connectivity index (χ2v) is 13.8. The molecule has 7 nitrogen and oxygen atoms in total. The molecule has 256 valence electrons. The lowest BCUT2D eigenvalue weighted by Gasteiger charge is -2.40. The fourth-order valence-corrected chi connectivity index (χ4v) is 7.66. The van der Waals surface area contributed by atoms with Crippen LogP contribution in [-0.4, -0.2) is 70.5 Å². The number of hydrogen-bond acceptors (Lipinski definition) is 5. The van der Waals surface area contributed by atoms with Crippen molar-refractivity contribution < 1.29 is 19.1 Å². The van der Waals surface area contributed by atoms with Crippen molar-refractivity contribution in [2.75, 3.05) is 32.7 Å². The first-order chi connectivity index (χ1) is 23.8. The van der Waals surface area contributed by atoms with E-state index < -0.39 is 17.1 Å². The summed E-state index contributed by atoms with van der Waals surface area (Å²) in [6, 6.07) is 26.9. The van der Waals surface area contributed by atoms with Gasteiger partial charge >= 0.3 is 0 Å². The van der Waals surface area contributed by atoms with E-state index in [2.05, 4.69) is 27.3 Å². The van der Waals surface area contributed by atoms with Crippen molar-refractivity contribution >= 4 is 23.4 Å². The van der Waals surface area contributed by atoms with Gasteiger partial charge in [-0.3, -0.25) is 14.6 Å². The quantitative estimate of drug-likeness (QED) is 0.183. The van der Waals surface area contributed by atoms with Gasteiger partial charge in [-0.05, 0) is 105 Å². The molecule has 2 amide bonds. The maximum atomic E-state index is 14.2. The molecule has 2 N–H and O–H groups in total. The lowest BCUT2D eigenvalue weighted by molar-refractivity contribution is -0.126. The van der Waals surface area contributed by atoms with Gasteiger partial charge in [0.15, 0.2) is 0 Å². The molecule has 3 aromatic carbocycles. The molecule has 49 heavy (non-hydrogen) atoms. The summed E-state index contributed by atoms with van der Waals surface area (Å²) < 4.78 is 14.2. The monoisotopic (exact) mass is 682 g/mol. The topological polar surface area (TPSA) is 85.8 Å². The van der Waals surface area contributed by atoms with E-state index in [0.29, 0.717) is 49.4 Å². The van der Waals surface area contributed by atoms with E-state index in [1.54, 1.807) is 29.4 Å². The van der Waals surface area contributed by atoms with Gasteiger partial charge in [-0.2, -0.15) is 0 Å². The van der Waals surface area contributed by atoms with Crippen LogP contribution in [-0.2, 0) is 15.8 Å². The number of rotatable bonds is 11. The van der Waals surface area contributed by atoms with Crippen molar-refractivity contribution in [2.24, 2.45) is 0 Å². The third-order valence-electron chi connectivity index (χ3n) is 10.4. The molecule has 2 aliphatic rings. The van der Waals surface area contributed by atoms with Crippen LogP contribution >= 0.6 is 11.6 Å². The average Bonchev–Trinajstić information content (AvgIpc) is 3.15. The highest BCUT2D eigenvalue weighted by molar-refractivity contribution is 6.30. The summed E-state index contributed by atoms with van der Waals surface area (Å²) >= 11 is 6.08. The van der Waals surface area contributed by atoms with Gasteiger partial charge in [-0.15, -0.1) is 0 Å². The Labute approximate surface area is 293 Å². The number of nitrogens with one attached hydrogen (secondary N) is 1. The molecule has 1 aromatic heterocycles. The Morgan fingerprint density at radius 3 is 2.27 bits per heavy atom. The number of aliphatic hydroxyl groups is 1. The average molecular weight is 683 g/mol. The maximum absolute atomic E-state index is 14.2. The van der Waals surface area contributed by atoms with Crippen molar-refractivity contribution in [3.8, 4) is 0 Å². The number of carbonyl (C=O) groups is 2. The van der Waals surface area contributed by atoms with E-state index in [4.69, 9.17) is 11.6 Å². The first-order valence-electron chi connectivity index (χ1n) is 17.3. The van der Waals surface area contributed by atoms with Gasteiger partial charge in [0, 0.05) is 54.6 Å². The summed E-state index contributed by atoms with van der Waals surface area (Å²) in [6.07, 6.45) is 8.25. The first kappa shape index (κ1) is 34.7. The van der Waals surface area contributed by atoms with Crippen molar-refractivity contribution in [1.29, 1.82) is 0 Å². The molecule has 2 unspecified atom stereocenters. The molecule has 2 aliphatic heterocycles. The first-order valence-corrected chi connectivity index (χ1v) is 17.7. The Hall–Kier alpha value is -4.11. The molecule has 6 rings (SSSR count). The molecular weight excluding hydrogens is 639 g/mol. The van der Waals surface area contributed by atoms with Gasteiger partial charge in [0.25, 0.3) is 5.91 Å². The molecule has 0 spiro atoms. The number of carbonyl (C=O) groups excluding carboxylic acids is 2. The van der Waals surface area contributed by atoms with Gasteiger partial charge in [0.2, 0.25) is 5.91 Å². The molecule has 4 aromatic rings. The Morgan fingerprint density at radius 2 is 1.57 bits per heavy atom. The van der Waals surface area contributed by atoms with Crippen molar-refractivity contribution in [3.05, 3.63) is 136 Å². The second kappa shape index (κ2) is 15.6. The lowest BCUT2D eigenvalue weighted by Crippen LogP contribution is -2.54. The van der Waals surface area contributed by atoms with Crippen LogP contribution in [0.1, 0.15) is 72.0 Å². The van der Waals surface area contributed by atoms with Gasteiger partial charge in [-0.25, -0.2) is 4.39 Å². The lowest BCUT2D eigenvalue weighted by atomic mass is 9.71. The van der Waals surface area contributed by atoms with Crippen LogP contribution in [0.25, 0.3) is 0 Å². The van der Waals surface area contributed by atoms with E-state index in [-0.39, 0.29) is 17.6 Å². The highest BCUT2D eigenvalue weighted by atomic mass is 35.5. The summed E-state index contributed by atoms with van der Waals surface area (Å²) in [6.45, 7) is 3.15. The minimum absolute atomic E-state index is 0.167. The Morgan fingerprint density at radius 1 is 0.898 bits per heavy atom. The predicted molar refractivity (Wildman–Crippen MR) is 190 cm³/mol. The zero-order valence-corrected chi connectivity index (χ0v) is 28.5. The molecule has 3 heterocycles. The molecule has 2 atom stereocenters. The van der Waals surface area contributed by atoms with E-state index in [0.717, 1.165) is 55.6 Å². The van der Waals surface area contributed by atoms with Gasteiger partial charge in [0.1, 0.15) is 11.9 Å². The predicted octanol–water partition coefficient (Wildman–Crippen LogP) is 6.74. The van der Waals surface area contributed by atoms with Crippen LogP contribution in [0, 0.1) is 5.82 Å². The van der Waals surface area contributed by atoms with Gasteiger partial charge in [-0.1, -0.05) is 66.2 Å². The zero-order valence-electron chi connectivity index (χ0n) is 27.7. The number of aromatic nitrogens is 1. The third-order valence-corrected chi connectivity index (χ3v) is 10.7. The van der Waals surface area contributed by atoms with Crippen LogP contribution in [0.15, 0.2) is 103 Å². The Bertz CT molecular complexity index is 1680. The Balaban J connectivity index is 1.20. The summed E-state index contributed by atoms with van der Waals surface area (Å²) in [5.41, 5.74) is 1.85. The van der Waals surface area contributed by atoms with Crippen molar-refractivity contribution in [2.45, 2.75) is 62.0 Å².